The number of esters is 2. The van der Waals surface area contributed by atoms with Gasteiger partial charge in [-0.1, -0.05) is 46.1 Å². The molecule has 1 unspecified atom stereocenters. The summed E-state index contributed by atoms with van der Waals surface area (Å²) in [5.41, 5.74) is 3.27. The molecule has 0 bridgehead atoms. The van der Waals surface area contributed by atoms with Gasteiger partial charge in [0.15, 0.2) is 13.2 Å². The Balaban J connectivity index is 2.59. The van der Waals surface area contributed by atoms with E-state index in [-0.39, 0.29) is 11.7 Å². The molecule has 0 aliphatic rings. The van der Waals surface area contributed by atoms with E-state index in [0.717, 1.165) is 22.4 Å². The Morgan fingerprint density at radius 3 is 1.83 bits per heavy atom. The molecule has 0 spiro atoms. The van der Waals surface area contributed by atoms with Gasteiger partial charge in [-0.25, -0.2) is 0 Å². The maximum atomic E-state index is 13.2. The highest BCUT2D eigenvalue weighted by Gasteiger charge is 2.49. The molecule has 256 valence electrons. The lowest BCUT2D eigenvalue weighted by Crippen LogP contribution is -2.49. The zero-order valence-electron chi connectivity index (χ0n) is 29.4. The summed E-state index contributed by atoms with van der Waals surface area (Å²) in [5.74, 6) is -2.65. The number of aryl methyl sites for hydroxylation is 1. The van der Waals surface area contributed by atoms with Crippen molar-refractivity contribution in [3.05, 3.63) is 51.8 Å². The number of aromatic nitrogens is 1. The van der Waals surface area contributed by atoms with Gasteiger partial charge in [0.2, 0.25) is 0 Å². The van der Waals surface area contributed by atoms with Crippen LogP contribution in [0.2, 0.25) is 0 Å². The van der Waals surface area contributed by atoms with Crippen molar-refractivity contribution in [2.75, 3.05) is 13.2 Å². The molecule has 2 aromatic rings. The molecule has 0 saturated carbocycles. The van der Waals surface area contributed by atoms with Crippen LogP contribution in [0.1, 0.15) is 121 Å². The molecule has 0 radical (unpaired) electrons. The average molecular weight is 663 g/mol. The minimum atomic E-state index is -3.28. The molecule has 46 heavy (non-hydrogen) atoms. The summed E-state index contributed by atoms with van der Waals surface area (Å²) >= 11 is 0. The van der Waals surface area contributed by atoms with Gasteiger partial charge in [0.05, 0.1) is 16.5 Å². The van der Waals surface area contributed by atoms with E-state index in [1.807, 2.05) is 62.3 Å². The van der Waals surface area contributed by atoms with E-state index in [0.29, 0.717) is 49.1 Å². The lowest BCUT2D eigenvalue weighted by Gasteiger charge is -2.32. The van der Waals surface area contributed by atoms with Crippen LogP contribution in [0.5, 0.6) is 11.5 Å². The fourth-order valence-electron chi connectivity index (χ4n) is 4.98. The number of ether oxygens (including phenoxy) is 3. The van der Waals surface area contributed by atoms with Crippen molar-refractivity contribution in [3.8, 4) is 11.5 Å². The summed E-state index contributed by atoms with van der Waals surface area (Å²) in [5, 5.41) is 10.2. The maximum absolute atomic E-state index is 13.2. The average Bonchev–Trinajstić information content (AvgIpc) is 3.02. The van der Waals surface area contributed by atoms with Crippen molar-refractivity contribution in [1.29, 1.82) is 0 Å². The van der Waals surface area contributed by atoms with Gasteiger partial charge in [-0.2, -0.15) is 0 Å². The zero-order chi connectivity index (χ0) is 35.0. The van der Waals surface area contributed by atoms with E-state index in [9.17, 15) is 24.2 Å². The van der Waals surface area contributed by atoms with E-state index in [4.69, 9.17) is 18.7 Å². The highest BCUT2D eigenvalue weighted by atomic mass is 31.1. The van der Waals surface area contributed by atoms with Crippen LogP contribution < -0.4 is 4.74 Å². The summed E-state index contributed by atoms with van der Waals surface area (Å²) in [6.45, 7) is 19.5. The summed E-state index contributed by atoms with van der Waals surface area (Å²) in [4.78, 5) is 41.0. The monoisotopic (exact) mass is 662 g/mol. The molecule has 0 amide bonds. The van der Waals surface area contributed by atoms with E-state index >= 15 is 0 Å². The Kier molecular flexibility index (Phi) is 13.7. The zero-order valence-corrected chi connectivity index (χ0v) is 30.3. The van der Waals surface area contributed by atoms with Crippen LogP contribution in [-0.4, -0.2) is 45.9 Å². The maximum Gasteiger partial charge on any atom is 0.699 e. The molecule has 0 saturated heterocycles. The van der Waals surface area contributed by atoms with E-state index in [1.54, 1.807) is 32.0 Å². The fourth-order valence-corrected chi connectivity index (χ4v) is 5.41. The van der Waals surface area contributed by atoms with Crippen LogP contribution in [0.4, 0.5) is 0 Å². The number of carbonyl (C=O) groups is 2. The Labute approximate surface area is 275 Å². The van der Waals surface area contributed by atoms with Crippen LogP contribution in [0.3, 0.4) is 0 Å². The summed E-state index contributed by atoms with van der Waals surface area (Å²) < 4.78 is 35.4. The Morgan fingerprint density at radius 2 is 1.39 bits per heavy atom. The third-order valence-corrected chi connectivity index (χ3v) is 10.1. The van der Waals surface area contributed by atoms with Crippen molar-refractivity contribution < 1.29 is 42.9 Å². The number of rotatable bonds is 17. The predicted molar refractivity (Wildman–Crippen MR) is 177 cm³/mol. The summed E-state index contributed by atoms with van der Waals surface area (Å²) in [6, 6.07) is 5.22. The SMILES string of the molecule is CCC(C)(CC)C(=O)OCC(COC(=O)C(C)(CC)CC)(Oc1cc(C)c(Cc2ccc(O)c(C(C)C)n2)c(C)c1C)O[P+](=O)O. The number of pyridine rings is 1. The fraction of sp³-hybridized carbons (Fsp3) is 0.629. The Morgan fingerprint density at radius 1 is 0.891 bits per heavy atom. The van der Waals surface area contributed by atoms with E-state index < -0.39 is 50.0 Å². The number of hydrogen-bond acceptors (Lipinski definition) is 9. The van der Waals surface area contributed by atoms with Crippen molar-refractivity contribution >= 4 is 20.2 Å². The molecule has 1 aromatic carbocycles. The molecule has 0 aliphatic heterocycles. The van der Waals surface area contributed by atoms with Gasteiger partial charge in [-0.05, 0) is 107 Å². The molecule has 1 heterocycles. The Bertz CT molecular complexity index is 1360. The standard InChI is InChI=1S/C35H52NO9P/c1-12-33(10,13-2)31(38)42-20-35(45-46(40)41,21-43-32(39)34(11,14-3)15-4)44-29-18-23(7)27(24(8)25(29)9)19-26-16-17-28(37)30(36-26)22(5)6/h16-18,22H,12-15,19-21H2,1-11H3,(H-,37,40,41)/p+1. The third-order valence-electron chi connectivity index (χ3n) is 9.57. The second-order valence-corrected chi connectivity index (χ2v) is 13.6. The number of carbonyl (C=O) groups excluding carboxylic acids is 2. The summed E-state index contributed by atoms with van der Waals surface area (Å²) in [7, 11) is -3.28. The first-order valence-corrected chi connectivity index (χ1v) is 17.2. The van der Waals surface area contributed by atoms with Gasteiger partial charge in [0.25, 0.3) is 0 Å². The van der Waals surface area contributed by atoms with Gasteiger partial charge in [-0.3, -0.25) is 14.6 Å². The van der Waals surface area contributed by atoms with Crippen LogP contribution in [-0.2, 0) is 34.6 Å². The first-order chi connectivity index (χ1) is 21.4. The number of hydrogen-bond donors (Lipinski definition) is 2. The molecule has 2 N–H and O–H groups in total. The largest absolute Gasteiger partial charge is 0.699 e. The first-order valence-electron chi connectivity index (χ1n) is 16.1. The number of benzene rings is 1. The molecule has 1 atom stereocenters. The normalized spacial score (nSPS) is 12.7. The number of aromatic hydroxyl groups is 1. The second kappa shape index (κ2) is 16.2. The second-order valence-electron chi connectivity index (χ2n) is 13.0. The first kappa shape index (κ1) is 39.1. The van der Waals surface area contributed by atoms with Crippen molar-refractivity contribution in [2.45, 2.75) is 120 Å². The Hall–Kier alpha value is -3.07. The topological polar surface area (TPSA) is 141 Å². The molecule has 10 nitrogen and oxygen atoms in total. The molecule has 0 fully saturated rings. The highest BCUT2D eigenvalue weighted by Crippen LogP contribution is 2.37. The van der Waals surface area contributed by atoms with Crippen molar-refractivity contribution in [1.82, 2.24) is 4.98 Å². The molecule has 1 aromatic heterocycles. The minimum Gasteiger partial charge on any atom is -0.506 e. The number of nitrogens with zero attached hydrogens (tertiary/aromatic N) is 1. The van der Waals surface area contributed by atoms with Crippen LogP contribution in [0.15, 0.2) is 18.2 Å². The van der Waals surface area contributed by atoms with Gasteiger partial charge in [-0.15, -0.1) is 4.89 Å². The van der Waals surface area contributed by atoms with E-state index in [1.165, 1.54) is 0 Å². The predicted octanol–water partition coefficient (Wildman–Crippen LogP) is 7.91. The van der Waals surface area contributed by atoms with Crippen LogP contribution >= 0.6 is 8.25 Å². The molecule has 11 heteroatoms. The molecule has 2 rings (SSSR count). The smallest absolute Gasteiger partial charge is 0.506 e. The molecular weight excluding hydrogens is 609 g/mol. The van der Waals surface area contributed by atoms with Gasteiger partial charge >= 0.3 is 26.0 Å². The quantitative estimate of drug-likeness (QED) is 0.0975. The molecular formula is C35H53NO9P+. The lowest BCUT2D eigenvalue weighted by molar-refractivity contribution is -0.208. The van der Waals surface area contributed by atoms with E-state index in [2.05, 4.69) is 4.98 Å². The highest BCUT2D eigenvalue weighted by molar-refractivity contribution is 7.32. The van der Waals surface area contributed by atoms with Crippen molar-refractivity contribution in [2.24, 2.45) is 10.8 Å². The van der Waals surface area contributed by atoms with Gasteiger partial charge < -0.3 is 19.3 Å². The third kappa shape index (κ3) is 9.26. The van der Waals surface area contributed by atoms with Crippen LogP contribution in [0.25, 0.3) is 0 Å². The van der Waals surface area contributed by atoms with Gasteiger partial charge in [0, 0.05) is 16.7 Å². The minimum absolute atomic E-state index is 0.0500. The lowest BCUT2D eigenvalue weighted by atomic mass is 9.85. The van der Waals surface area contributed by atoms with Crippen LogP contribution in [0, 0.1) is 31.6 Å². The van der Waals surface area contributed by atoms with Crippen molar-refractivity contribution in [3.63, 3.8) is 0 Å². The summed E-state index contributed by atoms with van der Waals surface area (Å²) in [6.07, 6.45) is 2.55. The van der Waals surface area contributed by atoms with Gasteiger partial charge in [0.1, 0.15) is 11.5 Å². The molecule has 0 aliphatic carbocycles.